The van der Waals surface area contributed by atoms with E-state index in [1.165, 1.54) is 0 Å². The van der Waals surface area contributed by atoms with E-state index in [9.17, 15) is 0 Å². The summed E-state index contributed by atoms with van der Waals surface area (Å²) < 4.78 is 0.849. The maximum atomic E-state index is 5.36. The highest BCUT2D eigenvalue weighted by atomic mass is 79.9. The Hall–Kier alpha value is -0.610. The molecule has 66 valence electrons. The Morgan fingerprint density at radius 2 is 2.42 bits per heavy atom. The molecule has 0 spiro atoms. The zero-order valence-electron chi connectivity index (χ0n) is 6.76. The van der Waals surface area contributed by atoms with Crippen molar-refractivity contribution >= 4 is 21.6 Å². The molecule has 0 aromatic carbocycles. The third-order valence-corrected chi connectivity index (χ3v) is 2.09. The lowest BCUT2D eigenvalue weighted by atomic mass is 10.4. The predicted molar refractivity (Wildman–Crippen MR) is 54.1 cm³/mol. The zero-order chi connectivity index (χ0) is 8.81. The van der Waals surface area contributed by atoms with Crippen LogP contribution in [-0.2, 0) is 0 Å². The van der Waals surface area contributed by atoms with Gasteiger partial charge >= 0.3 is 0 Å². The van der Waals surface area contributed by atoms with E-state index in [0.717, 1.165) is 23.3 Å². The first-order valence-electron chi connectivity index (χ1n) is 3.89. The first-order chi connectivity index (χ1) is 5.84. The second kappa shape index (κ2) is 5.11. The highest BCUT2D eigenvalue weighted by molar-refractivity contribution is 9.10. The number of nitrogens with two attached hydrogens (primary N) is 1. The summed E-state index contributed by atoms with van der Waals surface area (Å²) in [6.45, 7) is 1.60. The molecule has 0 bridgehead atoms. The van der Waals surface area contributed by atoms with Crippen LogP contribution in [0.15, 0.2) is 22.9 Å². The predicted octanol–water partition coefficient (Wildman–Crippen LogP) is 1.60. The van der Waals surface area contributed by atoms with Crippen molar-refractivity contribution in [1.82, 2.24) is 4.98 Å². The van der Waals surface area contributed by atoms with Gasteiger partial charge in [-0.3, -0.25) is 0 Å². The van der Waals surface area contributed by atoms with Crippen molar-refractivity contribution in [2.75, 3.05) is 18.4 Å². The van der Waals surface area contributed by atoms with E-state index in [1.807, 2.05) is 12.1 Å². The van der Waals surface area contributed by atoms with E-state index in [0.29, 0.717) is 6.54 Å². The fourth-order valence-corrected chi connectivity index (χ4v) is 1.23. The first kappa shape index (κ1) is 9.48. The Morgan fingerprint density at radius 3 is 3.08 bits per heavy atom. The Bertz CT molecular complexity index is 239. The van der Waals surface area contributed by atoms with Crippen LogP contribution < -0.4 is 11.1 Å². The topological polar surface area (TPSA) is 50.9 Å². The first-order valence-corrected chi connectivity index (χ1v) is 4.68. The molecular formula is C8H12BrN3. The molecular weight excluding hydrogens is 218 g/mol. The minimum atomic E-state index is 0.713. The van der Waals surface area contributed by atoms with Crippen LogP contribution in [0, 0.1) is 0 Å². The summed E-state index contributed by atoms with van der Waals surface area (Å²) in [5, 5.41) is 3.22. The second-order valence-corrected chi connectivity index (χ2v) is 3.16. The van der Waals surface area contributed by atoms with E-state index < -0.39 is 0 Å². The van der Waals surface area contributed by atoms with Crippen LogP contribution in [0.5, 0.6) is 0 Å². The minimum Gasteiger partial charge on any atom is -0.383 e. The average Bonchev–Trinajstić information content (AvgIpc) is 2.09. The molecule has 12 heavy (non-hydrogen) atoms. The van der Waals surface area contributed by atoms with Crippen molar-refractivity contribution in [3.05, 3.63) is 22.9 Å². The lowest BCUT2D eigenvalue weighted by Gasteiger charge is -2.05. The van der Waals surface area contributed by atoms with E-state index >= 15 is 0 Å². The average molecular weight is 230 g/mol. The lowest BCUT2D eigenvalue weighted by Crippen LogP contribution is -2.08. The zero-order valence-corrected chi connectivity index (χ0v) is 8.34. The molecule has 1 aromatic rings. The van der Waals surface area contributed by atoms with Gasteiger partial charge in [-0.05, 0) is 41.0 Å². The summed E-state index contributed by atoms with van der Waals surface area (Å²) in [5.41, 5.74) is 6.38. The van der Waals surface area contributed by atoms with Gasteiger partial charge in [-0.15, -0.1) is 0 Å². The van der Waals surface area contributed by atoms with Crippen molar-refractivity contribution in [3.63, 3.8) is 0 Å². The molecule has 0 aliphatic carbocycles. The van der Waals surface area contributed by atoms with Gasteiger partial charge in [0.05, 0.1) is 5.69 Å². The quantitative estimate of drug-likeness (QED) is 0.610. The molecule has 0 aliphatic heterocycles. The summed E-state index contributed by atoms with van der Waals surface area (Å²) >= 11 is 3.34. The molecule has 1 rings (SSSR count). The number of nitrogens with one attached hydrogen (secondary N) is 1. The Balaban J connectivity index is 2.46. The van der Waals surface area contributed by atoms with Crippen LogP contribution in [-0.4, -0.2) is 18.1 Å². The van der Waals surface area contributed by atoms with Crippen LogP contribution in [0.25, 0.3) is 0 Å². The SMILES string of the molecule is NCCCNc1cccnc1Br. The van der Waals surface area contributed by atoms with Gasteiger partial charge in [0.15, 0.2) is 0 Å². The molecule has 0 amide bonds. The van der Waals surface area contributed by atoms with E-state index in [-0.39, 0.29) is 0 Å². The third kappa shape index (κ3) is 2.79. The largest absolute Gasteiger partial charge is 0.383 e. The molecule has 4 heteroatoms. The minimum absolute atomic E-state index is 0.713. The van der Waals surface area contributed by atoms with Gasteiger partial charge in [0, 0.05) is 12.7 Å². The Kier molecular flexibility index (Phi) is 4.04. The van der Waals surface area contributed by atoms with Crippen molar-refractivity contribution < 1.29 is 0 Å². The summed E-state index contributed by atoms with van der Waals surface area (Å²) in [5.74, 6) is 0. The summed E-state index contributed by atoms with van der Waals surface area (Å²) in [4.78, 5) is 4.08. The van der Waals surface area contributed by atoms with E-state index in [1.54, 1.807) is 6.20 Å². The van der Waals surface area contributed by atoms with Crippen molar-refractivity contribution in [1.29, 1.82) is 0 Å². The van der Waals surface area contributed by atoms with Crippen LogP contribution in [0.1, 0.15) is 6.42 Å². The van der Waals surface area contributed by atoms with Crippen LogP contribution in [0.2, 0.25) is 0 Å². The normalized spacial score (nSPS) is 9.83. The number of rotatable bonds is 4. The molecule has 0 saturated heterocycles. The molecule has 0 radical (unpaired) electrons. The fourth-order valence-electron chi connectivity index (χ4n) is 0.843. The number of nitrogens with zero attached hydrogens (tertiary/aromatic N) is 1. The summed E-state index contributed by atoms with van der Waals surface area (Å²) in [7, 11) is 0. The number of aromatic nitrogens is 1. The molecule has 0 aliphatic rings. The van der Waals surface area contributed by atoms with E-state index in [2.05, 4.69) is 26.2 Å². The second-order valence-electron chi connectivity index (χ2n) is 2.41. The summed E-state index contributed by atoms with van der Waals surface area (Å²) in [6.07, 6.45) is 2.72. The molecule has 0 unspecified atom stereocenters. The van der Waals surface area contributed by atoms with Crippen molar-refractivity contribution in [3.8, 4) is 0 Å². The van der Waals surface area contributed by atoms with Gasteiger partial charge in [0.1, 0.15) is 4.60 Å². The smallest absolute Gasteiger partial charge is 0.129 e. The molecule has 1 heterocycles. The van der Waals surface area contributed by atoms with Gasteiger partial charge in [-0.2, -0.15) is 0 Å². The number of anilines is 1. The third-order valence-electron chi connectivity index (χ3n) is 1.46. The van der Waals surface area contributed by atoms with Gasteiger partial charge < -0.3 is 11.1 Å². The van der Waals surface area contributed by atoms with Crippen LogP contribution >= 0.6 is 15.9 Å². The molecule has 0 saturated carbocycles. The molecule has 0 atom stereocenters. The van der Waals surface area contributed by atoms with Gasteiger partial charge in [-0.1, -0.05) is 0 Å². The number of hydrogen-bond acceptors (Lipinski definition) is 3. The maximum Gasteiger partial charge on any atom is 0.129 e. The molecule has 3 N–H and O–H groups in total. The maximum absolute atomic E-state index is 5.36. The molecule has 0 fully saturated rings. The highest BCUT2D eigenvalue weighted by Gasteiger charge is 1.96. The number of halogens is 1. The van der Waals surface area contributed by atoms with E-state index in [4.69, 9.17) is 5.73 Å². The van der Waals surface area contributed by atoms with Crippen LogP contribution in [0.3, 0.4) is 0 Å². The Labute approximate surface area is 80.5 Å². The van der Waals surface area contributed by atoms with Gasteiger partial charge in [0.25, 0.3) is 0 Å². The highest BCUT2D eigenvalue weighted by Crippen LogP contribution is 2.17. The molecule has 3 nitrogen and oxygen atoms in total. The van der Waals surface area contributed by atoms with Crippen molar-refractivity contribution in [2.24, 2.45) is 5.73 Å². The lowest BCUT2D eigenvalue weighted by molar-refractivity contribution is 0.873. The number of hydrogen-bond donors (Lipinski definition) is 2. The van der Waals surface area contributed by atoms with Gasteiger partial charge in [-0.25, -0.2) is 4.98 Å². The standard InChI is InChI=1S/C8H12BrN3/c9-8-7(3-1-5-12-8)11-6-2-4-10/h1,3,5,11H,2,4,6,10H2. The van der Waals surface area contributed by atoms with Crippen LogP contribution in [0.4, 0.5) is 5.69 Å². The molecule has 1 aromatic heterocycles. The summed E-state index contributed by atoms with van der Waals surface area (Å²) in [6, 6.07) is 3.88. The number of pyridine rings is 1. The van der Waals surface area contributed by atoms with Crippen molar-refractivity contribution in [2.45, 2.75) is 6.42 Å². The van der Waals surface area contributed by atoms with Gasteiger partial charge in [0.2, 0.25) is 0 Å². The fraction of sp³-hybridized carbons (Fsp3) is 0.375. The monoisotopic (exact) mass is 229 g/mol. The Morgan fingerprint density at radius 1 is 1.58 bits per heavy atom.